The fourth-order valence-electron chi connectivity index (χ4n) is 1.69. The normalized spacial score (nSPS) is 15.3. The van der Waals surface area contributed by atoms with Crippen molar-refractivity contribution in [3.05, 3.63) is 47.0 Å². The van der Waals surface area contributed by atoms with Crippen LogP contribution in [0.3, 0.4) is 0 Å². The molecule has 3 nitrogen and oxygen atoms in total. The van der Waals surface area contributed by atoms with Gasteiger partial charge in [-0.15, -0.1) is 0 Å². The van der Waals surface area contributed by atoms with Gasteiger partial charge < -0.3 is 10.8 Å². The second-order valence-corrected chi connectivity index (χ2v) is 3.74. The molecule has 0 aromatic heterocycles. The zero-order valence-electron chi connectivity index (χ0n) is 8.76. The Morgan fingerprint density at radius 2 is 1.94 bits per heavy atom. The van der Waals surface area contributed by atoms with Crippen LogP contribution in [0.4, 0.5) is 0 Å². The first-order chi connectivity index (χ1) is 7.68. The van der Waals surface area contributed by atoms with Gasteiger partial charge in [-0.05, 0) is 29.2 Å². The molecule has 0 bridgehead atoms. The molecule has 1 aliphatic carbocycles. The Labute approximate surface area is 93.9 Å². The predicted molar refractivity (Wildman–Crippen MR) is 63.7 cm³/mol. The van der Waals surface area contributed by atoms with Crippen LogP contribution in [-0.4, -0.2) is 11.1 Å². The lowest BCUT2D eigenvalue weighted by molar-refractivity contribution is -0.138. The first-order valence-electron chi connectivity index (χ1n) is 5.14. The van der Waals surface area contributed by atoms with Gasteiger partial charge in [-0.25, -0.2) is 0 Å². The van der Waals surface area contributed by atoms with Gasteiger partial charge in [-0.1, -0.05) is 36.4 Å². The Bertz CT molecular complexity index is 475. The summed E-state index contributed by atoms with van der Waals surface area (Å²) in [4.78, 5) is 10.8. The molecule has 0 amide bonds. The number of rotatable bonds is 2. The number of carboxylic acid groups (broad SMARTS) is 1. The number of benzene rings is 1. The van der Waals surface area contributed by atoms with E-state index in [1.165, 1.54) is 0 Å². The van der Waals surface area contributed by atoms with Gasteiger partial charge in [-0.3, -0.25) is 4.79 Å². The number of allylic oxidation sites excluding steroid dienone is 2. The summed E-state index contributed by atoms with van der Waals surface area (Å²) >= 11 is 0. The van der Waals surface area contributed by atoms with E-state index in [1.54, 1.807) is 6.07 Å². The van der Waals surface area contributed by atoms with Crippen LogP contribution in [0.5, 0.6) is 0 Å². The quantitative estimate of drug-likeness (QED) is 0.794. The molecular weight excluding hydrogens is 202 g/mol. The minimum absolute atomic E-state index is 0.631. The molecule has 1 atom stereocenters. The Morgan fingerprint density at radius 3 is 2.62 bits per heavy atom. The van der Waals surface area contributed by atoms with Gasteiger partial charge in [0.15, 0.2) is 0 Å². The standard InChI is InChI=1S/C13H13NO2/c14-12(13(15)16)11-7-6-9-4-2-1-3-5-10(9)8-11/h2-8,12H,1,14H2,(H,15,16). The third kappa shape index (κ3) is 2.04. The summed E-state index contributed by atoms with van der Waals surface area (Å²) in [6, 6.07) is 4.55. The highest BCUT2D eigenvalue weighted by Crippen LogP contribution is 2.21. The topological polar surface area (TPSA) is 63.3 Å². The van der Waals surface area contributed by atoms with Gasteiger partial charge in [0.05, 0.1) is 0 Å². The molecule has 3 heteroatoms. The van der Waals surface area contributed by atoms with E-state index in [-0.39, 0.29) is 0 Å². The lowest BCUT2D eigenvalue weighted by Crippen LogP contribution is -2.20. The molecule has 0 spiro atoms. The maximum atomic E-state index is 10.8. The predicted octanol–water partition coefficient (Wildman–Crippen LogP) is 2.20. The molecule has 16 heavy (non-hydrogen) atoms. The molecule has 3 N–H and O–H groups in total. The smallest absolute Gasteiger partial charge is 0.325 e. The number of fused-ring (bicyclic) bond motifs is 1. The average molecular weight is 215 g/mol. The SMILES string of the molecule is NC(C(=O)O)c1ccc2c(c1)C=CCC=C2. The Hall–Kier alpha value is -1.87. The lowest BCUT2D eigenvalue weighted by atomic mass is 10.00. The second kappa shape index (κ2) is 4.33. The van der Waals surface area contributed by atoms with Gasteiger partial charge in [0, 0.05) is 0 Å². The minimum Gasteiger partial charge on any atom is -0.480 e. The summed E-state index contributed by atoms with van der Waals surface area (Å²) < 4.78 is 0. The maximum Gasteiger partial charge on any atom is 0.325 e. The summed E-state index contributed by atoms with van der Waals surface area (Å²) in [6.07, 6.45) is 9.03. The van der Waals surface area contributed by atoms with E-state index in [1.807, 2.05) is 30.4 Å². The first kappa shape index (κ1) is 10.6. The molecule has 0 saturated carbocycles. The number of hydrogen-bond acceptors (Lipinski definition) is 2. The number of hydrogen-bond donors (Lipinski definition) is 2. The van der Waals surface area contributed by atoms with Crippen molar-refractivity contribution in [3.63, 3.8) is 0 Å². The summed E-state index contributed by atoms with van der Waals surface area (Å²) in [5.74, 6) is -1.01. The van der Waals surface area contributed by atoms with Crippen LogP contribution in [0.2, 0.25) is 0 Å². The summed E-state index contributed by atoms with van der Waals surface area (Å²) in [7, 11) is 0. The van der Waals surface area contributed by atoms with Crippen molar-refractivity contribution < 1.29 is 9.90 Å². The molecule has 1 aromatic rings. The van der Waals surface area contributed by atoms with Crippen LogP contribution in [0.1, 0.15) is 29.2 Å². The van der Waals surface area contributed by atoms with E-state index in [0.717, 1.165) is 17.5 Å². The Balaban J connectivity index is 2.42. The average Bonchev–Trinajstić information content (AvgIpc) is 2.51. The molecule has 0 saturated heterocycles. The van der Waals surface area contributed by atoms with Gasteiger partial charge in [0.1, 0.15) is 6.04 Å². The number of carboxylic acids is 1. The number of aliphatic carboxylic acids is 1. The maximum absolute atomic E-state index is 10.8. The third-order valence-corrected chi connectivity index (χ3v) is 2.60. The van der Waals surface area contributed by atoms with Crippen LogP contribution in [0, 0.1) is 0 Å². The summed E-state index contributed by atoms with van der Waals surface area (Å²) in [5, 5.41) is 8.84. The second-order valence-electron chi connectivity index (χ2n) is 3.74. The Kier molecular flexibility index (Phi) is 2.88. The van der Waals surface area contributed by atoms with Crippen molar-refractivity contribution >= 4 is 18.1 Å². The van der Waals surface area contributed by atoms with Crippen LogP contribution in [-0.2, 0) is 4.79 Å². The zero-order valence-corrected chi connectivity index (χ0v) is 8.76. The molecule has 0 heterocycles. The molecule has 0 radical (unpaired) electrons. The van der Waals surface area contributed by atoms with E-state index >= 15 is 0 Å². The van der Waals surface area contributed by atoms with Crippen LogP contribution >= 0.6 is 0 Å². The third-order valence-electron chi connectivity index (χ3n) is 2.60. The monoisotopic (exact) mass is 215 g/mol. The van der Waals surface area contributed by atoms with Gasteiger partial charge in [0.25, 0.3) is 0 Å². The van der Waals surface area contributed by atoms with Crippen LogP contribution in [0.25, 0.3) is 12.2 Å². The molecular formula is C13H13NO2. The van der Waals surface area contributed by atoms with Crippen LogP contribution < -0.4 is 5.73 Å². The first-order valence-corrected chi connectivity index (χ1v) is 5.14. The van der Waals surface area contributed by atoms with Crippen molar-refractivity contribution in [3.8, 4) is 0 Å². The molecule has 0 aliphatic heterocycles. The van der Waals surface area contributed by atoms with E-state index in [2.05, 4.69) is 6.08 Å². The van der Waals surface area contributed by atoms with Gasteiger partial charge in [0.2, 0.25) is 0 Å². The summed E-state index contributed by atoms with van der Waals surface area (Å²) in [5.41, 5.74) is 8.31. The lowest BCUT2D eigenvalue weighted by Gasteiger charge is -2.09. The largest absolute Gasteiger partial charge is 0.480 e. The van der Waals surface area contributed by atoms with Crippen LogP contribution in [0.15, 0.2) is 30.4 Å². The van der Waals surface area contributed by atoms with E-state index in [4.69, 9.17) is 10.8 Å². The number of nitrogens with two attached hydrogens (primary N) is 1. The highest BCUT2D eigenvalue weighted by Gasteiger charge is 2.14. The highest BCUT2D eigenvalue weighted by atomic mass is 16.4. The van der Waals surface area contributed by atoms with Crippen molar-refractivity contribution in [2.45, 2.75) is 12.5 Å². The molecule has 82 valence electrons. The Morgan fingerprint density at radius 1 is 1.25 bits per heavy atom. The molecule has 2 rings (SSSR count). The van der Waals surface area contributed by atoms with Crippen molar-refractivity contribution in [1.29, 1.82) is 0 Å². The number of carbonyl (C=O) groups is 1. The zero-order chi connectivity index (χ0) is 11.5. The minimum atomic E-state index is -1.01. The van der Waals surface area contributed by atoms with Crippen molar-refractivity contribution in [2.75, 3.05) is 0 Å². The van der Waals surface area contributed by atoms with E-state index < -0.39 is 12.0 Å². The molecule has 1 unspecified atom stereocenters. The van der Waals surface area contributed by atoms with Crippen molar-refractivity contribution in [2.24, 2.45) is 5.73 Å². The van der Waals surface area contributed by atoms with Gasteiger partial charge in [-0.2, -0.15) is 0 Å². The van der Waals surface area contributed by atoms with Crippen molar-refractivity contribution in [1.82, 2.24) is 0 Å². The fourth-order valence-corrected chi connectivity index (χ4v) is 1.69. The molecule has 1 aromatic carbocycles. The summed E-state index contributed by atoms with van der Waals surface area (Å²) in [6.45, 7) is 0. The van der Waals surface area contributed by atoms with E-state index in [0.29, 0.717) is 5.56 Å². The molecule has 0 fully saturated rings. The molecule has 1 aliphatic rings. The van der Waals surface area contributed by atoms with Gasteiger partial charge >= 0.3 is 5.97 Å². The van der Waals surface area contributed by atoms with E-state index in [9.17, 15) is 4.79 Å². The highest BCUT2D eigenvalue weighted by molar-refractivity contribution is 5.76. The fraction of sp³-hybridized carbons (Fsp3) is 0.154.